The molecule has 6 heteroatoms. The fourth-order valence-corrected chi connectivity index (χ4v) is 2.73. The van der Waals surface area contributed by atoms with Crippen molar-refractivity contribution in [2.45, 2.75) is 51.6 Å². The van der Waals surface area contributed by atoms with Crippen molar-refractivity contribution in [3.05, 3.63) is 0 Å². The van der Waals surface area contributed by atoms with E-state index in [-0.39, 0.29) is 23.8 Å². The van der Waals surface area contributed by atoms with Gasteiger partial charge >= 0.3 is 11.9 Å². The topological polar surface area (TPSA) is 76.7 Å². The van der Waals surface area contributed by atoms with Crippen molar-refractivity contribution in [1.29, 1.82) is 0 Å². The maximum atomic E-state index is 11.0. The monoisotopic (exact) mass is 314 g/mol. The van der Waals surface area contributed by atoms with E-state index in [1.165, 1.54) is 14.2 Å². The molecule has 2 aliphatic heterocycles. The summed E-state index contributed by atoms with van der Waals surface area (Å²) in [6.07, 6.45) is 4.06. The fourth-order valence-electron chi connectivity index (χ4n) is 2.73. The van der Waals surface area contributed by atoms with Gasteiger partial charge in [-0.25, -0.2) is 0 Å². The second-order valence-electron chi connectivity index (χ2n) is 6.21. The van der Waals surface area contributed by atoms with E-state index in [1.807, 2.05) is 0 Å². The molecule has 0 aromatic carbocycles. The van der Waals surface area contributed by atoms with Crippen molar-refractivity contribution in [2.24, 2.45) is 11.8 Å². The lowest BCUT2D eigenvalue weighted by molar-refractivity contribution is -0.147. The number of hydrogen-bond acceptors (Lipinski definition) is 6. The van der Waals surface area contributed by atoms with Crippen LogP contribution in [0, 0.1) is 11.8 Å². The number of rotatable bonds is 2. The highest BCUT2D eigenvalue weighted by Crippen LogP contribution is 2.15. The molecular weight excluding hydrogens is 284 g/mol. The van der Waals surface area contributed by atoms with E-state index in [1.54, 1.807) is 0 Å². The van der Waals surface area contributed by atoms with Crippen LogP contribution in [0.4, 0.5) is 0 Å². The molecule has 0 bridgehead atoms. The van der Waals surface area contributed by atoms with Crippen molar-refractivity contribution < 1.29 is 19.1 Å². The van der Waals surface area contributed by atoms with Gasteiger partial charge in [-0.2, -0.15) is 0 Å². The van der Waals surface area contributed by atoms with E-state index >= 15 is 0 Å². The minimum absolute atomic E-state index is 0.0793. The standard InChI is InChI=1S/2C8H15NO2/c2*1-6-3-4-7(5-9-6)8(10)11-2/h2*6-7,9H,3-5H2,1-2H3/t2*6-,7-/m10/s1. The minimum atomic E-state index is -0.0793. The highest BCUT2D eigenvalue weighted by atomic mass is 16.5. The molecule has 0 unspecified atom stereocenters. The van der Waals surface area contributed by atoms with Crippen LogP contribution in [-0.2, 0) is 19.1 Å². The molecule has 0 amide bonds. The normalized spacial score (nSPS) is 31.5. The van der Waals surface area contributed by atoms with Crippen LogP contribution in [-0.4, -0.2) is 51.3 Å². The average molecular weight is 314 g/mol. The SMILES string of the molecule is COC(=O)[C@@H]1CC[C@@H](C)NC1.COC(=O)[C@H]1CC[C@H](C)NC1. The molecule has 0 spiro atoms. The Balaban J connectivity index is 0.000000220. The molecule has 22 heavy (non-hydrogen) atoms. The van der Waals surface area contributed by atoms with Crippen LogP contribution >= 0.6 is 0 Å². The van der Waals surface area contributed by atoms with Crippen molar-refractivity contribution in [3.8, 4) is 0 Å². The number of ether oxygens (including phenoxy) is 2. The van der Waals surface area contributed by atoms with Gasteiger partial charge in [0.1, 0.15) is 0 Å². The summed E-state index contributed by atoms with van der Waals surface area (Å²) in [7, 11) is 2.89. The van der Waals surface area contributed by atoms with Gasteiger partial charge in [-0.15, -0.1) is 0 Å². The number of carbonyl (C=O) groups excluding carboxylic acids is 2. The Bertz CT molecular complexity index is 312. The van der Waals surface area contributed by atoms with E-state index in [4.69, 9.17) is 0 Å². The summed E-state index contributed by atoms with van der Waals surface area (Å²) in [5.41, 5.74) is 0. The Hall–Kier alpha value is -1.14. The fraction of sp³-hybridized carbons (Fsp3) is 0.875. The number of nitrogens with one attached hydrogen (secondary N) is 2. The zero-order chi connectivity index (χ0) is 16.5. The first kappa shape index (κ1) is 18.9. The summed E-state index contributed by atoms with van der Waals surface area (Å²) in [5, 5.41) is 6.49. The maximum Gasteiger partial charge on any atom is 0.309 e. The third-order valence-corrected chi connectivity index (χ3v) is 4.39. The third-order valence-electron chi connectivity index (χ3n) is 4.39. The Morgan fingerprint density at radius 2 is 1.14 bits per heavy atom. The highest BCUT2D eigenvalue weighted by Gasteiger charge is 2.24. The highest BCUT2D eigenvalue weighted by molar-refractivity contribution is 5.73. The van der Waals surface area contributed by atoms with Crippen molar-refractivity contribution >= 4 is 11.9 Å². The van der Waals surface area contributed by atoms with Gasteiger partial charge in [-0.1, -0.05) is 0 Å². The van der Waals surface area contributed by atoms with E-state index in [2.05, 4.69) is 34.0 Å². The molecule has 2 rings (SSSR count). The maximum absolute atomic E-state index is 11.0. The van der Waals surface area contributed by atoms with Gasteiger partial charge < -0.3 is 20.1 Å². The van der Waals surface area contributed by atoms with E-state index in [0.717, 1.165) is 38.8 Å². The van der Waals surface area contributed by atoms with Crippen LogP contribution in [0.25, 0.3) is 0 Å². The first-order valence-electron chi connectivity index (χ1n) is 8.10. The Labute approximate surface area is 133 Å². The molecule has 2 aliphatic rings. The molecule has 0 radical (unpaired) electrons. The summed E-state index contributed by atoms with van der Waals surface area (Å²) in [6, 6.07) is 1.10. The first-order chi connectivity index (χ1) is 10.5. The predicted octanol–water partition coefficient (Wildman–Crippen LogP) is 1.10. The summed E-state index contributed by atoms with van der Waals surface area (Å²) in [6.45, 7) is 5.81. The van der Waals surface area contributed by atoms with E-state index < -0.39 is 0 Å². The molecule has 0 saturated carbocycles. The molecule has 128 valence electrons. The molecule has 6 nitrogen and oxygen atoms in total. The third kappa shape index (κ3) is 6.32. The van der Waals surface area contributed by atoms with Gasteiger partial charge in [0.15, 0.2) is 0 Å². The summed E-state index contributed by atoms with van der Waals surface area (Å²) in [4.78, 5) is 22.0. The number of methoxy groups -OCH3 is 2. The lowest BCUT2D eigenvalue weighted by atomic mass is 9.96. The number of esters is 2. The molecule has 2 heterocycles. The molecule has 0 aromatic heterocycles. The number of carbonyl (C=O) groups is 2. The molecule has 0 aliphatic carbocycles. The van der Waals surface area contributed by atoms with Gasteiger partial charge in [-0.05, 0) is 39.5 Å². The van der Waals surface area contributed by atoms with Crippen LogP contribution in [0.2, 0.25) is 0 Å². The number of piperidine rings is 2. The second kappa shape index (κ2) is 9.79. The Morgan fingerprint density at radius 1 is 0.773 bits per heavy atom. The van der Waals surface area contributed by atoms with Gasteiger partial charge in [0.25, 0.3) is 0 Å². The van der Waals surface area contributed by atoms with Crippen LogP contribution in [0.15, 0.2) is 0 Å². The van der Waals surface area contributed by atoms with Crippen molar-refractivity contribution in [1.82, 2.24) is 10.6 Å². The molecule has 0 aromatic rings. The Morgan fingerprint density at radius 3 is 1.36 bits per heavy atom. The molecule has 2 N–H and O–H groups in total. The Kier molecular flexibility index (Phi) is 8.42. The van der Waals surface area contributed by atoms with Crippen molar-refractivity contribution in [3.63, 3.8) is 0 Å². The zero-order valence-corrected chi connectivity index (χ0v) is 14.2. The van der Waals surface area contributed by atoms with Gasteiger partial charge in [-0.3, -0.25) is 9.59 Å². The van der Waals surface area contributed by atoms with Crippen LogP contribution < -0.4 is 10.6 Å². The van der Waals surface area contributed by atoms with Gasteiger partial charge in [0, 0.05) is 25.2 Å². The van der Waals surface area contributed by atoms with Crippen LogP contribution in [0.1, 0.15) is 39.5 Å². The largest absolute Gasteiger partial charge is 0.469 e. The summed E-state index contributed by atoms with van der Waals surface area (Å²) < 4.78 is 9.29. The molecule has 2 fully saturated rings. The lowest BCUT2D eigenvalue weighted by Gasteiger charge is -2.25. The zero-order valence-electron chi connectivity index (χ0n) is 14.2. The summed E-state index contributed by atoms with van der Waals surface area (Å²) in [5.74, 6) is 0.00111. The van der Waals surface area contributed by atoms with Crippen molar-refractivity contribution in [2.75, 3.05) is 27.3 Å². The van der Waals surface area contributed by atoms with Crippen LogP contribution in [0.3, 0.4) is 0 Å². The van der Waals surface area contributed by atoms with E-state index in [9.17, 15) is 9.59 Å². The molecular formula is C16H30N2O4. The summed E-state index contributed by atoms with van der Waals surface area (Å²) >= 11 is 0. The minimum Gasteiger partial charge on any atom is -0.469 e. The second-order valence-corrected chi connectivity index (χ2v) is 6.21. The first-order valence-corrected chi connectivity index (χ1v) is 8.10. The van der Waals surface area contributed by atoms with E-state index in [0.29, 0.717) is 12.1 Å². The smallest absolute Gasteiger partial charge is 0.309 e. The predicted molar refractivity (Wildman–Crippen MR) is 84.4 cm³/mol. The lowest BCUT2D eigenvalue weighted by Crippen LogP contribution is -2.40. The average Bonchev–Trinajstić information content (AvgIpc) is 2.55. The quantitative estimate of drug-likeness (QED) is 0.743. The molecule has 2 saturated heterocycles. The van der Waals surface area contributed by atoms with Gasteiger partial charge in [0.2, 0.25) is 0 Å². The number of hydrogen-bond donors (Lipinski definition) is 2. The molecule has 4 atom stereocenters. The van der Waals surface area contributed by atoms with Crippen LogP contribution in [0.5, 0.6) is 0 Å². The van der Waals surface area contributed by atoms with Gasteiger partial charge in [0.05, 0.1) is 26.1 Å².